The molecule has 5 N–H and O–H groups in total. The standard InChI is InChI=1S/C12H15N5O/c1-18-11-9(13)10(14)16-12(17-11)15-7-8-5-3-2-4-6-8/h2-6H,7,13H2,1H3,(H3,14,15,16,17). The Balaban J connectivity index is 2.13. The lowest BCUT2D eigenvalue weighted by Gasteiger charge is -2.09. The molecule has 2 rings (SSSR count). The molecule has 2 aromatic rings. The first kappa shape index (κ1) is 12.0. The average molecular weight is 245 g/mol. The summed E-state index contributed by atoms with van der Waals surface area (Å²) in [6, 6.07) is 9.91. The van der Waals surface area contributed by atoms with Crippen LogP contribution in [0, 0.1) is 0 Å². The molecule has 0 saturated carbocycles. The van der Waals surface area contributed by atoms with E-state index in [-0.39, 0.29) is 17.4 Å². The van der Waals surface area contributed by atoms with Crippen LogP contribution in [0.1, 0.15) is 5.56 Å². The van der Waals surface area contributed by atoms with Crippen molar-refractivity contribution in [2.45, 2.75) is 6.54 Å². The molecule has 6 nitrogen and oxygen atoms in total. The molecule has 0 aliphatic heterocycles. The van der Waals surface area contributed by atoms with Gasteiger partial charge in [-0.15, -0.1) is 0 Å². The van der Waals surface area contributed by atoms with Crippen molar-refractivity contribution in [3.8, 4) is 5.88 Å². The highest BCUT2D eigenvalue weighted by molar-refractivity contribution is 5.66. The van der Waals surface area contributed by atoms with Crippen molar-refractivity contribution in [1.29, 1.82) is 0 Å². The Morgan fingerprint density at radius 1 is 1.17 bits per heavy atom. The molecule has 1 aromatic carbocycles. The van der Waals surface area contributed by atoms with Crippen LogP contribution < -0.4 is 21.5 Å². The molecule has 0 aliphatic carbocycles. The van der Waals surface area contributed by atoms with Crippen LogP contribution in [0.2, 0.25) is 0 Å². The monoisotopic (exact) mass is 245 g/mol. The molecule has 0 radical (unpaired) electrons. The maximum Gasteiger partial charge on any atom is 0.244 e. The van der Waals surface area contributed by atoms with Crippen LogP contribution in [0.3, 0.4) is 0 Å². The summed E-state index contributed by atoms with van der Waals surface area (Å²) in [4.78, 5) is 8.16. The lowest BCUT2D eigenvalue weighted by molar-refractivity contribution is 0.400. The van der Waals surface area contributed by atoms with Crippen molar-refractivity contribution in [3.63, 3.8) is 0 Å². The van der Waals surface area contributed by atoms with Gasteiger partial charge in [0, 0.05) is 6.54 Å². The molecule has 0 fully saturated rings. The van der Waals surface area contributed by atoms with E-state index in [0.717, 1.165) is 5.56 Å². The quantitative estimate of drug-likeness (QED) is 0.750. The molecule has 0 saturated heterocycles. The number of nitrogens with zero attached hydrogens (tertiary/aromatic N) is 2. The molecular weight excluding hydrogens is 230 g/mol. The van der Waals surface area contributed by atoms with E-state index in [2.05, 4.69) is 15.3 Å². The zero-order chi connectivity index (χ0) is 13.0. The smallest absolute Gasteiger partial charge is 0.244 e. The van der Waals surface area contributed by atoms with Crippen LogP contribution in [-0.4, -0.2) is 17.1 Å². The summed E-state index contributed by atoms with van der Waals surface area (Å²) < 4.78 is 5.02. The van der Waals surface area contributed by atoms with Gasteiger partial charge in [-0.3, -0.25) is 0 Å². The van der Waals surface area contributed by atoms with Crippen LogP contribution in [0.15, 0.2) is 30.3 Å². The average Bonchev–Trinajstić information content (AvgIpc) is 2.41. The van der Waals surface area contributed by atoms with Gasteiger partial charge in [0.1, 0.15) is 5.69 Å². The third-order valence-corrected chi connectivity index (χ3v) is 2.43. The molecule has 0 spiro atoms. The second-order valence-electron chi connectivity index (χ2n) is 3.69. The van der Waals surface area contributed by atoms with Crippen LogP contribution in [0.4, 0.5) is 17.5 Å². The number of methoxy groups -OCH3 is 1. The van der Waals surface area contributed by atoms with E-state index >= 15 is 0 Å². The molecule has 6 heteroatoms. The first-order chi connectivity index (χ1) is 8.70. The highest BCUT2D eigenvalue weighted by atomic mass is 16.5. The largest absolute Gasteiger partial charge is 0.479 e. The number of nitrogens with one attached hydrogen (secondary N) is 1. The number of hydrogen-bond donors (Lipinski definition) is 3. The van der Waals surface area contributed by atoms with E-state index in [1.54, 1.807) is 0 Å². The summed E-state index contributed by atoms with van der Waals surface area (Å²) in [5.74, 6) is 0.873. The van der Waals surface area contributed by atoms with Crippen LogP contribution in [-0.2, 0) is 6.54 Å². The normalized spacial score (nSPS) is 10.1. The lowest BCUT2D eigenvalue weighted by atomic mass is 10.2. The van der Waals surface area contributed by atoms with E-state index < -0.39 is 0 Å². The zero-order valence-electron chi connectivity index (χ0n) is 10.1. The second kappa shape index (κ2) is 5.22. The number of aromatic nitrogens is 2. The summed E-state index contributed by atoms with van der Waals surface area (Å²) in [6.07, 6.45) is 0. The first-order valence-electron chi connectivity index (χ1n) is 5.45. The fourth-order valence-electron chi connectivity index (χ4n) is 1.48. The third-order valence-electron chi connectivity index (χ3n) is 2.43. The summed E-state index contributed by atoms with van der Waals surface area (Å²) in [6.45, 7) is 0.605. The van der Waals surface area contributed by atoms with E-state index in [9.17, 15) is 0 Å². The molecule has 94 valence electrons. The van der Waals surface area contributed by atoms with Crippen molar-refractivity contribution >= 4 is 17.5 Å². The third kappa shape index (κ3) is 2.60. The van der Waals surface area contributed by atoms with Crippen LogP contribution in [0.25, 0.3) is 0 Å². The van der Waals surface area contributed by atoms with Gasteiger partial charge >= 0.3 is 0 Å². The number of ether oxygens (including phenoxy) is 1. The maximum atomic E-state index is 5.67. The van der Waals surface area contributed by atoms with Gasteiger partial charge in [-0.05, 0) is 5.56 Å². The highest BCUT2D eigenvalue weighted by Crippen LogP contribution is 2.24. The SMILES string of the molecule is COc1nc(NCc2ccccc2)nc(N)c1N. The Bertz CT molecular complexity index is 529. The van der Waals surface area contributed by atoms with Crippen LogP contribution in [0.5, 0.6) is 5.88 Å². The van der Waals surface area contributed by atoms with Crippen molar-refractivity contribution in [2.75, 3.05) is 23.9 Å². The molecule has 0 aliphatic rings. The molecule has 18 heavy (non-hydrogen) atoms. The number of anilines is 3. The van der Waals surface area contributed by atoms with E-state index in [1.807, 2.05) is 30.3 Å². The van der Waals surface area contributed by atoms with Gasteiger partial charge in [0.15, 0.2) is 5.82 Å². The number of benzene rings is 1. The van der Waals surface area contributed by atoms with Crippen molar-refractivity contribution in [2.24, 2.45) is 0 Å². The molecule has 0 bridgehead atoms. The number of rotatable bonds is 4. The number of hydrogen-bond acceptors (Lipinski definition) is 6. The molecule has 1 heterocycles. The minimum absolute atomic E-state index is 0.206. The minimum Gasteiger partial charge on any atom is -0.479 e. The lowest BCUT2D eigenvalue weighted by Crippen LogP contribution is -2.09. The van der Waals surface area contributed by atoms with Gasteiger partial charge in [-0.2, -0.15) is 9.97 Å². The predicted molar refractivity (Wildman–Crippen MR) is 71.2 cm³/mol. The molecule has 0 amide bonds. The Hall–Kier alpha value is -2.50. The minimum atomic E-state index is 0.206. The fraction of sp³-hybridized carbons (Fsp3) is 0.167. The van der Waals surface area contributed by atoms with Gasteiger partial charge in [0.2, 0.25) is 11.8 Å². The molecular formula is C12H15N5O. The van der Waals surface area contributed by atoms with Gasteiger partial charge < -0.3 is 21.5 Å². The summed E-state index contributed by atoms with van der Waals surface area (Å²) in [5.41, 5.74) is 12.7. The second-order valence-corrected chi connectivity index (χ2v) is 3.69. The Labute approximate surface area is 105 Å². The van der Waals surface area contributed by atoms with Gasteiger partial charge in [0.05, 0.1) is 7.11 Å². The van der Waals surface area contributed by atoms with E-state index in [0.29, 0.717) is 12.5 Å². The summed E-state index contributed by atoms with van der Waals surface area (Å²) >= 11 is 0. The first-order valence-corrected chi connectivity index (χ1v) is 5.45. The van der Waals surface area contributed by atoms with Crippen molar-refractivity contribution in [1.82, 2.24) is 9.97 Å². The van der Waals surface area contributed by atoms with Crippen molar-refractivity contribution < 1.29 is 4.74 Å². The molecule has 0 atom stereocenters. The van der Waals surface area contributed by atoms with Gasteiger partial charge in [0.25, 0.3) is 0 Å². The number of nitrogen functional groups attached to an aromatic ring is 2. The number of nitrogens with two attached hydrogens (primary N) is 2. The molecule has 0 unspecified atom stereocenters. The van der Waals surface area contributed by atoms with E-state index in [1.165, 1.54) is 7.11 Å². The van der Waals surface area contributed by atoms with E-state index in [4.69, 9.17) is 16.2 Å². The predicted octanol–water partition coefficient (Wildman–Crippen LogP) is 1.26. The summed E-state index contributed by atoms with van der Waals surface area (Å²) in [5, 5.41) is 3.07. The van der Waals surface area contributed by atoms with Crippen molar-refractivity contribution in [3.05, 3.63) is 35.9 Å². The molecule has 1 aromatic heterocycles. The Morgan fingerprint density at radius 3 is 2.56 bits per heavy atom. The summed E-state index contributed by atoms with van der Waals surface area (Å²) in [7, 11) is 1.49. The Kier molecular flexibility index (Phi) is 3.47. The Morgan fingerprint density at radius 2 is 1.89 bits per heavy atom. The highest BCUT2D eigenvalue weighted by Gasteiger charge is 2.09. The van der Waals surface area contributed by atoms with Crippen LogP contribution >= 0.6 is 0 Å². The van der Waals surface area contributed by atoms with Gasteiger partial charge in [-0.1, -0.05) is 30.3 Å². The van der Waals surface area contributed by atoms with Gasteiger partial charge in [-0.25, -0.2) is 0 Å². The topological polar surface area (TPSA) is 99.1 Å². The maximum absolute atomic E-state index is 5.67. The fourth-order valence-corrected chi connectivity index (χ4v) is 1.48. The zero-order valence-corrected chi connectivity index (χ0v) is 10.1.